The average Bonchev–Trinajstić information content (AvgIpc) is 2.61. The first-order valence-electron chi connectivity index (χ1n) is 8.03. The van der Waals surface area contributed by atoms with Crippen LogP contribution in [0.1, 0.15) is 29.2 Å². The molecular formula is C20H24N2O. The number of methoxy groups -OCH3 is 1. The van der Waals surface area contributed by atoms with Crippen LogP contribution in [-0.2, 0) is 24.2 Å². The fraction of sp³-hybridized carbons (Fsp3) is 0.350. The summed E-state index contributed by atoms with van der Waals surface area (Å²) in [4.78, 5) is 2.37. The number of nitrogens with zero attached hydrogens (tertiary/aromatic N) is 2. The SMILES string of the molecule is CCc1ccc(CN(CCOC)Cc2ccc(C#N)cc2)cc1. The molecule has 0 fully saturated rings. The van der Waals surface area contributed by atoms with Crippen molar-refractivity contribution >= 4 is 0 Å². The van der Waals surface area contributed by atoms with Gasteiger partial charge in [-0.3, -0.25) is 4.90 Å². The molecular weight excluding hydrogens is 284 g/mol. The number of ether oxygens (including phenoxy) is 1. The normalized spacial score (nSPS) is 10.7. The summed E-state index contributed by atoms with van der Waals surface area (Å²) in [6, 6.07) is 18.8. The Morgan fingerprint density at radius 1 is 0.913 bits per heavy atom. The van der Waals surface area contributed by atoms with Crippen molar-refractivity contribution in [2.75, 3.05) is 20.3 Å². The molecule has 0 aromatic heterocycles. The van der Waals surface area contributed by atoms with Gasteiger partial charge >= 0.3 is 0 Å². The summed E-state index contributed by atoms with van der Waals surface area (Å²) in [7, 11) is 1.73. The Balaban J connectivity index is 2.04. The first-order chi connectivity index (χ1) is 11.2. The van der Waals surface area contributed by atoms with Gasteiger partial charge in [-0.1, -0.05) is 43.3 Å². The van der Waals surface area contributed by atoms with Crippen LogP contribution in [0.5, 0.6) is 0 Å². The molecule has 23 heavy (non-hydrogen) atoms. The van der Waals surface area contributed by atoms with E-state index < -0.39 is 0 Å². The highest BCUT2D eigenvalue weighted by atomic mass is 16.5. The van der Waals surface area contributed by atoms with Gasteiger partial charge in [0.2, 0.25) is 0 Å². The van der Waals surface area contributed by atoms with Crippen molar-refractivity contribution in [1.29, 1.82) is 5.26 Å². The summed E-state index contributed by atoms with van der Waals surface area (Å²) < 4.78 is 5.24. The van der Waals surface area contributed by atoms with Crippen molar-refractivity contribution in [3.63, 3.8) is 0 Å². The third kappa shape index (κ3) is 5.52. The molecule has 2 aromatic rings. The highest BCUT2D eigenvalue weighted by molar-refractivity contribution is 5.31. The van der Waals surface area contributed by atoms with Crippen LogP contribution >= 0.6 is 0 Å². The zero-order chi connectivity index (χ0) is 16.5. The molecule has 0 radical (unpaired) electrons. The molecule has 0 aliphatic rings. The topological polar surface area (TPSA) is 36.3 Å². The van der Waals surface area contributed by atoms with Crippen molar-refractivity contribution in [2.45, 2.75) is 26.4 Å². The number of aryl methyl sites for hydroxylation is 1. The van der Waals surface area contributed by atoms with Gasteiger partial charge in [0.25, 0.3) is 0 Å². The summed E-state index contributed by atoms with van der Waals surface area (Å²) in [5.41, 5.74) is 4.59. The van der Waals surface area contributed by atoms with Crippen molar-refractivity contribution in [1.82, 2.24) is 4.90 Å². The average molecular weight is 308 g/mol. The molecule has 0 spiro atoms. The number of rotatable bonds is 8. The van der Waals surface area contributed by atoms with Crippen molar-refractivity contribution < 1.29 is 4.74 Å². The van der Waals surface area contributed by atoms with Crippen LogP contribution < -0.4 is 0 Å². The molecule has 0 bridgehead atoms. The molecule has 2 rings (SSSR count). The Morgan fingerprint density at radius 3 is 1.91 bits per heavy atom. The molecule has 0 atom stereocenters. The van der Waals surface area contributed by atoms with E-state index in [1.807, 2.05) is 24.3 Å². The van der Waals surface area contributed by atoms with Crippen LogP contribution in [0.2, 0.25) is 0 Å². The fourth-order valence-electron chi connectivity index (χ4n) is 2.52. The highest BCUT2D eigenvalue weighted by Crippen LogP contribution is 2.12. The standard InChI is InChI=1S/C20H24N2O/c1-3-17-4-8-19(9-5-17)15-22(12-13-23-2)16-20-10-6-18(14-21)7-11-20/h4-11H,3,12-13,15-16H2,1-2H3. The Labute approximate surface area is 139 Å². The maximum absolute atomic E-state index is 8.89. The molecule has 0 aliphatic carbocycles. The van der Waals surface area contributed by atoms with E-state index in [1.54, 1.807) is 7.11 Å². The molecule has 0 N–H and O–H groups in total. The second kappa shape index (κ2) is 9.09. The molecule has 2 aromatic carbocycles. The molecule has 0 aliphatic heterocycles. The van der Waals surface area contributed by atoms with Crippen LogP contribution in [0.25, 0.3) is 0 Å². The van der Waals surface area contributed by atoms with Crippen molar-refractivity contribution in [3.8, 4) is 6.07 Å². The quantitative estimate of drug-likeness (QED) is 0.745. The van der Waals surface area contributed by atoms with E-state index in [4.69, 9.17) is 10.00 Å². The predicted octanol–water partition coefficient (Wildman–Crippen LogP) is 3.77. The Hall–Kier alpha value is -2.15. The van der Waals surface area contributed by atoms with Crippen LogP contribution in [0.4, 0.5) is 0 Å². The van der Waals surface area contributed by atoms with Crippen molar-refractivity contribution in [2.24, 2.45) is 0 Å². The van der Waals surface area contributed by atoms with Crippen LogP contribution in [0.15, 0.2) is 48.5 Å². The second-order valence-corrected chi connectivity index (χ2v) is 5.68. The van der Waals surface area contributed by atoms with Gasteiger partial charge in [0.15, 0.2) is 0 Å². The van der Waals surface area contributed by atoms with Gasteiger partial charge in [0, 0.05) is 26.7 Å². The van der Waals surface area contributed by atoms with E-state index in [-0.39, 0.29) is 0 Å². The minimum absolute atomic E-state index is 0.701. The van der Waals surface area contributed by atoms with Crippen LogP contribution in [-0.4, -0.2) is 25.2 Å². The monoisotopic (exact) mass is 308 g/mol. The van der Waals surface area contributed by atoms with E-state index in [9.17, 15) is 0 Å². The maximum Gasteiger partial charge on any atom is 0.0991 e. The van der Waals surface area contributed by atoms with Crippen LogP contribution in [0.3, 0.4) is 0 Å². The number of hydrogen-bond acceptors (Lipinski definition) is 3. The Bertz CT molecular complexity index is 626. The molecule has 0 saturated heterocycles. The maximum atomic E-state index is 8.89. The number of nitriles is 1. The van der Waals surface area contributed by atoms with Crippen LogP contribution in [0, 0.1) is 11.3 Å². The van der Waals surface area contributed by atoms with Gasteiger partial charge in [-0.05, 0) is 35.2 Å². The molecule has 0 heterocycles. The first kappa shape index (κ1) is 17.2. The summed E-state index contributed by atoms with van der Waals surface area (Å²) >= 11 is 0. The van der Waals surface area contributed by atoms with E-state index in [0.717, 1.165) is 26.1 Å². The summed E-state index contributed by atoms with van der Waals surface area (Å²) in [5.74, 6) is 0. The molecule has 3 nitrogen and oxygen atoms in total. The lowest BCUT2D eigenvalue weighted by Crippen LogP contribution is -2.26. The lowest BCUT2D eigenvalue weighted by molar-refractivity contribution is 0.140. The van der Waals surface area contributed by atoms with Crippen molar-refractivity contribution in [3.05, 3.63) is 70.8 Å². The molecule has 3 heteroatoms. The fourth-order valence-corrected chi connectivity index (χ4v) is 2.52. The lowest BCUT2D eigenvalue weighted by Gasteiger charge is -2.22. The zero-order valence-electron chi connectivity index (χ0n) is 14.0. The predicted molar refractivity (Wildman–Crippen MR) is 93.0 cm³/mol. The largest absolute Gasteiger partial charge is 0.383 e. The highest BCUT2D eigenvalue weighted by Gasteiger charge is 2.07. The van der Waals surface area contributed by atoms with Gasteiger partial charge in [0.05, 0.1) is 18.2 Å². The molecule has 0 saturated carbocycles. The minimum atomic E-state index is 0.701. The summed E-state index contributed by atoms with van der Waals surface area (Å²) in [5, 5.41) is 8.89. The zero-order valence-corrected chi connectivity index (χ0v) is 14.0. The van der Waals surface area contributed by atoms with Gasteiger partial charge in [-0.25, -0.2) is 0 Å². The van der Waals surface area contributed by atoms with Gasteiger partial charge in [0.1, 0.15) is 0 Å². The number of hydrogen-bond donors (Lipinski definition) is 0. The summed E-state index contributed by atoms with van der Waals surface area (Å²) in [6.45, 7) is 5.51. The van der Waals surface area contributed by atoms with Gasteiger partial charge in [-0.2, -0.15) is 5.26 Å². The van der Waals surface area contributed by atoms with Gasteiger partial charge in [-0.15, -0.1) is 0 Å². The minimum Gasteiger partial charge on any atom is -0.383 e. The third-order valence-electron chi connectivity index (χ3n) is 3.94. The third-order valence-corrected chi connectivity index (χ3v) is 3.94. The number of benzene rings is 2. The first-order valence-corrected chi connectivity index (χ1v) is 8.03. The van der Waals surface area contributed by atoms with E-state index >= 15 is 0 Å². The Morgan fingerprint density at radius 2 is 1.43 bits per heavy atom. The smallest absolute Gasteiger partial charge is 0.0991 e. The molecule has 0 unspecified atom stereocenters. The Kier molecular flexibility index (Phi) is 6.80. The summed E-state index contributed by atoms with van der Waals surface area (Å²) in [6.07, 6.45) is 1.07. The lowest BCUT2D eigenvalue weighted by atomic mass is 10.1. The van der Waals surface area contributed by atoms with E-state index in [2.05, 4.69) is 42.2 Å². The van der Waals surface area contributed by atoms with E-state index in [1.165, 1.54) is 16.7 Å². The second-order valence-electron chi connectivity index (χ2n) is 5.68. The van der Waals surface area contributed by atoms with Gasteiger partial charge < -0.3 is 4.74 Å². The van der Waals surface area contributed by atoms with E-state index in [0.29, 0.717) is 12.2 Å². The molecule has 0 amide bonds. The molecule has 120 valence electrons.